The number of nitro benzene ring substituents is 1. The van der Waals surface area contributed by atoms with Gasteiger partial charge >= 0.3 is 0 Å². The number of nitrogens with one attached hydrogen (secondary N) is 1. The molecule has 1 atom stereocenters. The van der Waals surface area contributed by atoms with E-state index in [1.165, 1.54) is 23.5 Å². The van der Waals surface area contributed by atoms with E-state index in [1.54, 1.807) is 24.4 Å². The maximum atomic E-state index is 11.4. The molecule has 1 aromatic heterocycles. The van der Waals surface area contributed by atoms with Gasteiger partial charge in [0, 0.05) is 23.1 Å². The summed E-state index contributed by atoms with van der Waals surface area (Å²) in [6.45, 7) is 1.56. The largest absolute Gasteiger partial charge is 0.301 e. The molecule has 0 unspecified atom stereocenters. The SMILES string of the molecule is C[C@@H](Cl)C(=O)Nc1nc(-c2cccc([N+](=O)[O-])c2)cs1. The monoisotopic (exact) mass is 311 g/mol. The molecular formula is C12H10ClN3O3S. The number of benzene rings is 1. The zero-order chi connectivity index (χ0) is 14.7. The number of anilines is 1. The minimum atomic E-state index is -0.653. The predicted octanol–water partition coefficient (Wildman–Crippen LogP) is 3.28. The Morgan fingerprint density at radius 1 is 1.55 bits per heavy atom. The summed E-state index contributed by atoms with van der Waals surface area (Å²) >= 11 is 6.88. The van der Waals surface area contributed by atoms with Crippen LogP contribution in [-0.4, -0.2) is 21.2 Å². The van der Waals surface area contributed by atoms with Crippen LogP contribution in [-0.2, 0) is 4.79 Å². The lowest BCUT2D eigenvalue weighted by atomic mass is 10.1. The van der Waals surface area contributed by atoms with E-state index in [1.807, 2.05) is 0 Å². The fourth-order valence-electron chi connectivity index (χ4n) is 1.45. The third kappa shape index (κ3) is 3.31. The highest BCUT2D eigenvalue weighted by molar-refractivity contribution is 7.14. The number of hydrogen-bond donors (Lipinski definition) is 1. The van der Waals surface area contributed by atoms with Gasteiger partial charge in [0.25, 0.3) is 5.69 Å². The fraction of sp³-hybridized carbons (Fsp3) is 0.167. The Balaban J connectivity index is 2.22. The molecule has 1 aromatic carbocycles. The van der Waals surface area contributed by atoms with E-state index in [9.17, 15) is 14.9 Å². The third-order valence-corrected chi connectivity index (χ3v) is 3.40. The van der Waals surface area contributed by atoms with Crippen molar-refractivity contribution in [2.24, 2.45) is 0 Å². The van der Waals surface area contributed by atoms with Gasteiger partial charge < -0.3 is 5.32 Å². The van der Waals surface area contributed by atoms with Gasteiger partial charge in [-0.3, -0.25) is 14.9 Å². The van der Waals surface area contributed by atoms with Crippen molar-refractivity contribution in [3.05, 3.63) is 39.8 Å². The number of thiazole rings is 1. The lowest BCUT2D eigenvalue weighted by molar-refractivity contribution is -0.384. The normalized spacial score (nSPS) is 11.9. The summed E-state index contributed by atoms with van der Waals surface area (Å²) in [5.41, 5.74) is 1.18. The van der Waals surface area contributed by atoms with Gasteiger partial charge in [0.2, 0.25) is 5.91 Å². The number of rotatable bonds is 4. The highest BCUT2D eigenvalue weighted by Gasteiger charge is 2.13. The molecule has 104 valence electrons. The molecule has 1 N–H and O–H groups in total. The van der Waals surface area contributed by atoms with E-state index in [0.29, 0.717) is 16.4 Å². The van der Waals surface area contributed by atoms with Gasteiger partial charge in [-0.15, -0.1) is 22.9 Å². The quantitative estimate of drug-likeness (QED) is 0.533. The Hall–Kier alpha value is -1.99. The molecule has 1 heterocycles. The molecule has 0 saturated heterocycles. The molecule has 20 heavy (non-hydrogen) atoms. The van der Waals surface area contributed by atoms with Crippen LogP contribution in [0.4, 0.5) is 10.8 Å². The van der Waals surface area contributed by atoms with Gasteiger partial charge in [0.15, 0.2) is 5.13 Å². The molecule has 2 rings (SSSR count). The standard InChI is InChI=1S/C12H10ClN3O3S/c1-7(13)11(17)15-12-14-10(6-20-12)8-3-2-4-9(5-8)16(18)19/h2-7H,1H3,(H,14,15,17)/t7-/m1/s1. The van der Waals surface area contributed by atoms with E-state index in [4.69, 9.17) is 11.6 Å². The molecule has 0 bridgehead atoms. The molecule has 1 amide bonds. The second-order valence-corrected chi connectivity index (χ2v) is 5.46. The molecule has 6 nitrogen and oxygen atoms in total. The molecule has 0 saturated carbocycles. The van der Waals surface area contributed by atoms with Crippen LogP contribution in [0.3, 0.4) is 0 Å². The number of non-ortho nitro benzene ring substituents is 1. The van der Waals surface area contributed by atoms with Crippen molar-refractivity contribution in [1.82, 2.24) is 4.98 Å². The molecule has 0 aliphatic rings. The van der Waals surface area contributed by atoms with Gasteiger partial charge in [0.05, 0.1) is 10.6 Å². The summed E-state index contributed by atoms with van der Waals surface area (Å²) in [6, 6.07) is 6.16. The van der Waals surface area contributed by atoms with E-state index in [2.05, 4.69) is 10.3 Å². The van der Waals surface area contributed by atoms with Crippen molar-refractivity contribution in [3.8, 4) is 11.3 Å². The second kappa shape index (κ2) is 5.98. The van der Waals surface area contributed by atoms with Crippen LogP contribution in [0, 0.1) is 10.1 Å². The molecule has 0 radical (unpaired) electrons. The maximum Gasteiger partial charge on any atom is 0.270 e. The maximum absolute atomic E-state index is 11.4. The predicted molar refractivity (Wildman–Crippen MR) is 78.1 cm³/mol. The van der Waals surface area contributed by atoms with Gasteiger partial charge in [-0.25, -0.2) is 4.98 Å². The minimum absolute atomic E-state index is 0.00420. The average Bonchev–Trinajstić information content (AvgIpc) is 2.87. The van der Waals surface area contributed by atoms with Crippen LogP contribution < -0.4 is 5.32 Å². The fourth-order valence-corrected chi connectivity index (χ4v) is 2.22. The summed E-state index contributed by atoms with van der Waals surface area (Å²) in [4.78, 5) is 25.9. The Morgan fingerprint density at radius 3 is 2.95 bits per heavy atom. The zero-order valence-corrected chi connectivity index (χ0v) is 11.9. The van der Waals surface area contributed by atoms with Crippen LogP contribution in [0.5, 0.6) is 0 Å². The van der Waals surface area contributed by atoms with Crippen LogP contribution in [0.15, 0.2) is 29.6 Å². The van der Waals surface area contributed by atoms with Gasteiger partial charge in [-0.2, -0.15) is 0 Å². The number of nitro groups is 1. The highest BCUT2D eigenvalue weighted by atomic mass is 35.5. The second-order valence-electron chi connectivity index (χ2n) is 3.95. The molecule has 0 fully saturated rings. The number of halogens is 1. The Bertz CT molecular complexity index is 657. The lowest BCUT2D eigenvalue weighted by Gasteiger charge is -2.01. The Morgan fingerprint density at radius 2 is 2.30 bits per heavy atom. The summed E-state index contributed by atoms with van der Waals surface area (Å²) in [5, 5.41) is 14.8. The van der Waals surface area contributed by atoms with E-state index < -0.39 is 10.3 Å². The van der Waals surface area contributed by atoms with Crippen LogP contribution in [0.25, 0.3) is 11.3 Å². The third-order valence-electron chi connectivity index (χ3n) is 2.45. The van der Waals surface area contributed by atoms with Crippen molar-refractivity contribution >= 4 is 39.7 Å². The smallest absolute Gasteiger partial charge is 0.270 e. The number of carbonyl (C=O) groups excluding carboxylic acids is 1. The number of alkyl halides is 1. The van der Waals surface area contributed by atoms with E-state index in [0.717, 1.165) is 0 Å². The topological polar surface area (TPSA) is 85.1 Å². The van der Waals surface area contributed by atoms with Crippen molar-refractivity contribution in [2.75, 3.05) is 5.32 Å². The highest BCUT2D eigenvalue weighted by Crippen LogP contribution is 2.27. The first-order valence-electron chi connectivity index (χ1n) is 5.62. The van der Waals surface area contributed by atoms with Crippen LogP contribution >= 0.6 is 22.9 Å². The zero-order valence-electron chi connectivity index (χ0n) is 10.4. The Labute approximate surface area is 123 Å². The van der Waals surface area contributed by atoms with Crippen molar-refractivity contribution in [3.63, 3.8) is 0 Å². The van der Waals surface area contributed by atoms with Crippen molar-refractivity contribution in [2.45, 2.75) is 12.3 Å². The first kappa shape index (κ1) is 14.4. The molecule has 8 heteroatoms. The molecule has 0 spiro atoms. The van der Waals surface area contributed by atoms with Gasteiger partial charge in [0.1, 0.15) is 5.38 Å². The molecular weight excluding hydrogens is 302 g/mol. The summed E-state index contributed by atoms with van der Waals surface area (Å²) in [5.74, 6) is -0.341. The van der Waals surface area contributed by atoms with Gasteiger partial charge in [-0.05, 0) is 6.92 Å². The first-order valence-corrected chi connectivity index (χ1v) is 6.94. The van der Waals surface area contributed by atoms with E-state index >= 15 is 0 Å². The minimum Gasteiger partial charge on any atom is -0.301 e. The van der Waals surface area contributed by atoms with Crippen LogP contribution in [0.1, 0.15) is 6.92 Å². The van der Waals surface area contributed by atoms with Crippen LogP contribution in [0.2, 0.25) is 0 Å². The van der Waals surface area contributed by atoms with E-state index in [-0.39, 0.29) is 11.6 Å². The first-order chi connectivity index (χ1) is 9.47. The number of carbonyl (C=O) groups is 1. The van der Waals surface area contributed by atoms with Gasteiger partial charge in [-0.1, -0.05) is 12.1 Å². The number of hydrogen-bond acceptors (Lipinski definition) is 5. The summed E-state index contributed by atoms with van der Waals surface area (Å²) in [7, 11) is 0. The average molecular weight is 312 g/mol. The molecule has 2 aromatic rings. The number of nitrogens with zero attached hydrogens (tertiary/aromatic N) is 2. The summed E-state index contributed by atoms with van der Waals surface area (Å²) in [6.07, 6.45) is 0. The summed E-state index contributed by atoms with van der Waals surface area (Å²) < 4.78 is 0. The lowest BCUT2D eigenvalue weighted by Crippen LogP contribution is -2.20. The molecule has 0 aliphatic heterocycles. The number of amides is 1. The van der Waals surface area contributed by atoms with Crippen molar-refractivity contribution in [1.29, 1.82) is 0 Å². The Kier molecular flexibility index (Phi) is 4.31. The van der Waals surface area contributed by atoms with Crippen molar-refractivity contribution < 1.29 is 9.72 Å². The molecule has 0 aliphatic carbocycles. The number of aromatic nitrogens is 1.